The molecule has 122 valence electrons. The van der Waals surface area contributed by atoms with Crippen molar-refractivity contribution in [2.45, 2.75) is 6.92 Å². The minimum Gasteiger partial charge on any atom is -0.477 e. The topological polar surface area (TPSA) is 71.7 Å². The monoisotopic (exact) mass is 364 g/mol. The summed E-state index contributed by atoms with van der Waals surface area (Å²) < 4.78 is 14.1. The van der Waals surface area contributed by atoms with E-state index in [1.807, 2.05) is 0 Å². The van der Waals surface area contributed by atoms with Crippen LogP contribution in [0.5, 0.6) is 0 Å². The van der Waals surface area contributed by atoms with E-state index in [4.69, 9.17) is 16.7 Å². The van der Waals surface area contributed by atoms with E-state index in [9.17, 15) is 14.0 Å². The molecule has 0 unspecified atom stereocenters. The highest BCUT2D eigenvalue weighted by atomic mass is 35.5. The summed E-state index contributed by atoms with van der Waals surface area (Å²) >= 11 is 6.98. The molecular weight excluding hydrogens is 355 g/mol. The molecule has 8 heteroatoms. The van der Waals surface area contributed by atoms with Gasteiger partial charge in [-0.1, -0.05) is 41.1 Å². The first kappa shape index (κ1) is 16.4. The molecule has 0 radical (unpaired) electrons. The molecule has 5 nitrogen and oxygen atoms in total. The van der Waals surface area contributed by atoms with Crippen LogP contribution in [0, 0.1) is 12.7 Å². The van der Waals surface area contributed by atoms with Crippen LogP contribution in [0.25, 0.3) is 17.1 Å². The molecule has 24 heavy (non-hydrogen) atoms. The summed E-state index contributed by atoms with van der Waals surface area (Å²) in [5.74, 6) is -1.47. The molecule has 0 bridgehead atoms. The molecule has 0 aliphatic carbocycles. The van der Waals surface area contributed by atoms with Crippen molar-refractivity contribution in [1.82, 2.24) is 9.38 Å². The number of rotatable bonds is 3. The normalized spacial score (nSPS) is 11.5. The van der Waals surface area contributed by atoms with E-state index in [1.54, 1.807) is 18.2 Å². The van der Waals surface area contributed by atoms with Gasteiger partial charge in [-0.05, 0) is 30.7 Å². The van der Waals surface area contributed by atoms with E-state index >= 15 is 0 Å². The third-order valence-electron chi connectivity index (χ3n) is 3.38. The Morgan fingerprint density at radius 1 is 1.33 bits per heavy atom. The Labute approximate surface area is 144 Å². The van der Waals surface area contributed by atoms with Crippen molar-refractivity contribution in [3.8, 4) is 0 Å². The quantitative estimate of drug-likeness (QED) is 0.768. The summed E-state index contributed by atoms with van der Waals surface area (Å²) in [5.41, 5.74) is 0.699. The number of aryl methyl sites for hydroxylation is 1. The molecule has 1 aromatic carbocycles. The van der Waals surface area contributed by atoms with Gasteiger partial charge in [0.15, 0.2) is 4.96 Å². The third kappa shape index (κ3) is 2.83. The summed E-state index contributed by atoms with van der Waals surface area (Å²) in [5, 5.41) is 9.05. The summed E-state index contributed by atoms with van der Waals surface area (Å²) in [7, 11) is 0. The fourth-order valence-corrected chi connectivity index (χ4v) is 3.34. The van der Waals surface area contributed by atoms with E-state index in [1.165, 1.54) is 29.5 Å². The maximum Gasteiger partial charge on any atom is 0.347 e. The number of carboxylic acids is 1. The highest BCUT2D eigenvalue weighted by Gasteiger charge is 2.19. The second-order valence-corrected chi connectivity index (χ2v) is 6.30. The van der Waals surface area contributed by atoms with Crippen molar-refractivity contribution in [2.24, 2.45) is 0 Å². The number of halogens is 2. The molecule has 0 aliphatic heterocycles. The maximum atomic E-state index is 12.9. The minimum atomic E-state index is -1.12. The molecule has 1 N–H and O–H groups in total. The van der Waals surface area contributed by atoms with Crippen molar-refractivity contribution >= 4 is 46.0 Å². The van der Waals surface area contributed by atoms with E-state index in [-0.39, 0.29) is 32.1 Å². The van der Waals surface area contributed by atoms with Gasteiger partial charge in [0.25, 0.3) is 5.56 Å². The second-order valence-electron chi connectivity index (χ2n) is 4.94. The number of nitrogens with zero attached hydrogens (tertiary/aromatic N) is 2. The molecule has 3 rings (SSSR count). The van der Waals surface area contributed by atoms with E-state index in [0.29, 0.717) is 5.56 Å². The predicted molar refractivity (Wildman–Crippen MR) is 91.4 cm³/mol. The smallest absolute Gasteiger partial charge is 0.347 e. The Balaban J connectivity index is 2.12. The van der Waals surface area contributed by atoms with Crippen LogP contribution < -0.4 is 5.56 Å². The number of carboxylic acid groups (broad SMARTS) is 1. The third-order valence-corrected chi connectivity index (χ3v) is 4.86. The molecule has 0 atom stereocenters. The second kappa shape index (κ2) is 6.18. The van der Waals surface area contributed by atoms with Crippen LogP contribution in [0.1, 0.15) is 26.6 Å². The first-order chi connectivity index (χ1) is 11.4. The molecule has 0 fully saturated rings. The Kier molecular flexibility index (Phi) is 4.21. The van der Waals surface area contributed by atoms with Crippen LogP contribution in [-0.2, 0) is 0 Å². The zero-order valence-corrected chi connectivity index (χ0v) is 13.9. The van der Waals surface area contributed by atoms with E-state index in [2.05, 4.69) is 4.98 Å². The number of carbonyl (C=O) groups is 1. The van der Waals surface area contributed by atoms with Gasteiger partial charge >= 0.3 is 5.97 Å². The Morgan fingerprint density at radius 2 is 2.00 bits per heavy atom. The number of hydrogen-bond donors (Lipinski definition) is 1. The first-order valence-electron chi connectivity index (χ1n) is 6.77. The van der Waals surface area contributed by atoms with Crippen molar-refractivity contribution in [1.29, 1.82) is 0 Å². The van der Waals surface area contributed by atoms with Gasteiger partial charge in [-0.2, -0.15) is 0 Å². The van der Waals surface area contributed by atoms with E-state index in [0.717, 1.165) is 11.3 Å². The van der Waals surface area contributed by atoms with Crippen LogP contribution in [0.4, 0.5) is 4.39 Å². The Bertz CT molecular complexity index is 1040. The molecule has 0 aliphatic rings. The number of aromatic nitrogens is 2. The Hall–Kier alpha value is -2.51. The lowest BCUT2D eigenvalue weighted by atomic mass is 10.2. The number of hydrogen-bond acceptors (Lipinski definition) is 4. The number of aromatic carboxylic acids is 1. The predicted octanol–water partition coefficient (Wildman–Crippen LogP) is 3.73. The molecule has 0 saturated heterocycles. The van der Waals surface area contributed by atoms with Crippen LogP contribution in [0.15, 0.2) is 29.1 Å². The molecule has 3 aromatic rings. The molecule has 2 aromatic heterocycles. The van der Waals surface area contributed by atoms with Crippen LogP contribution in [0.2, 0.25) is 5.02 Å². The molecule has 0 spiro atoms. The summed E-state index contributed by atoms with van der Waals surface area (Å²) in [6, 6.07) is 5.77. The lowest BCUT2D eigenvalue weighted by Gasteiger charge is -2.00. The van der Waals surface area contributed by atoms with Gasteiger partial charge in [-0.25, -0.2) is 14.2 Å². The highest BCUT2D eigenvalue weighted by molar-refractivity contribution is 7.18. The molecule has 0 amide bonds. The van der Waals surface area contributed by atoms with Gasteiger partial charge in [0.1, 0.15) is 15.7 Å². The van der Waals surface area contributed by atoms with Gasteiger partial charge in [0.2, 0.25) is 0 Å². The van der Waals surface area contributed by atoms with Crippen molar-refractivity contribution in [3.63, 3.8) is 0 Å². The lowest BCUT2D eigenvalue weighted by molar-refractivity contribution is 0.0701. The summed E-state index contributed by atoms with van der Waals surface area (Å²) in [6.45, 7) is 1.53. The average Bonchev–Trinajstić information content (AvgIpc) is 2.88. The highest BCUT2D eigenvalue weighted by Crippen LogP contribution is 2.23. The van der Waals surface area contributed by atoms with Crippen molar-refractivity contribution in [3.05, 3.63) is 67.3 Å². The van der Waals surface area contributed by atoms with Crippen LogP contribution >= 0.6 is 22.9 Å². The SMILES string of the molecule is Cc1c(C(=O)O)sc2nc(/C=C/c3ccc(F)cc3)c(Cl)c(=O)n12. The molecule has 2 heterocycles. The number of benzene rings is 1. The summed E-state index contributed by atoms with van der Waals surface area (Å²) in [6.07, 6.45) is 3.18. The standard InChI is InChI=1S/C16H10ClFN2O3S/c1-8-13(15(22)23)24-16-19-11(12(17)14(21)20(8)16)7-4-9-2-5-10(18)6-3-9/h2-7H,1H3,(H,22,23)/b7-4+. The minimum absolute atomic E-state index is 0.0373. The van der Waals surface area contributed by atoms with Gasteiger partial charge in [-0.15, -0.1) is 0 Å². The lowest BCUT2D eigenvalue weighted by Crippen LogP contribution is -2.17. The zero-order valence-electron chi connectivity index (χ0n) is 12.3. The van der Waals surface area contributed by atoms with Gasteiger partial charge in [-0.3, -0.25) is 9.20 Å². The first-order valence-corrected chi connectivity index (χ1v) is 7.96. The Morgan fingerprint density at radius 3 is 2.62 bits per heavy atom. The van der Waals surface area contributed by atoms with Crippen molar-refractivity contribution < 1.29 is 14.3 Å². The van der Waals surface area contributed by atoms with Gasteiger partial charge in [0.05, 0.1) is 11.4 Å². The molecular formula is C16H10ClFN2O3S. The van der Waals surface area contributed by atoms with Crippen LogP contribution in [-0.4, -0.2) is 20.5 Å². The number of thiazole rings is 1. The van der Waals surface area contributed by atoms with E-state index < -0.39 is 11.5 Å². The zero-order chi connectivity index (χ0) is 17.4. The van der Waals surface area contributed by atoms with Crippen molar-refractivity contribution in [2.75, 3.05) is 0 Å². The van der Waals surface area contributed by atoms with Crippen LogP contribution in [0.3, 0.4) is 0 Å². The summed E-state index contributed by atoms with van der Waals surface area (Å²) in [4.78, 5) is 28.1. The molecule has 0 saturated carbocycles. The fraction of sp³-hybridized carbons (Fsp3) is 0.0625. The largest absolute Gasteiger partial charge is 0.477 e. The average molecular weight is 365 g/mol. The number of fused-ring (bicyclic) bond motifs is 1. The van der Waals surface area contributed by atoms with Gasteiger partial charge in [0, 0.05) is 0 Å². The maximum absolute atomic E-state index is 12.9. The van der Waals surface area contributed by atoms with Gasteiger partial charge < -0.3 is 5.11 Å². The fourth-order valence-electron chi connectivity index (χ4n) is 2.19.